The highest BCUT2D eigenvalue weighted by molar-refractivity contribution is 8.27. The summed E-state index contributed by atoms with van der Waals surface area (Å²) in [4.78, 5) is 16.8. The molecule has 0 aromatic heterocycles. The van der Waals surface area contributed by atoms with E-state index in [9.17, 15) is 4.79 Å². The van der Waals surface area contributed by atoms with Gasteiger partial charge in [0.2, 0.25) is 5.17 Å². The number of ether oxygens (including phenoxy) is 2. The fourth-order valence-electron chi connectivity index (χ4n) is 3.47. The number of hydrogen-bond acceptors (Lipinski definition) is 6. The van der Waals surface area contributed by atoms with Gasteiger partial charge in [0.25, 0.3) is 5.91 Å². The molecule has 2 heterocycles. The number of carbonyl (C=O) groups is 1. The predicted molar refractivity (Wildman–Crippen MR) is 133 cm³/mol. The number of nitrogens with one attached hydrogen (secondary N) is 1. The summed E-state index contributed by atoms with van der Waals surface area (Å²) in [6.07, 6.45) is 3.59. The van der Waals surface area contributed by atoms with E-state index < -0.39 is 5.91 Å². The van der Waals surface area contributed by atoms with Gasteiger partial charge < -0.3 is 9.47 Å². The molecule has 0 saturated heterocycles. The normalized spacial score (nSPS) is 16.7. The monoisotopic (exact) mass is 462 g/mol. The number of hydrogen-bond donors (Lipinski definition) is 1. The quantitative estimate of drug-likeness (QED) is 0.409. The molecule has 0 atom stereocenters. The minimum absolute atomic E-state index is 0.0526. The Labute approximate surface area is 197 Å². The molecule has 0 bridgehead atoms. The molecule has 0 unspecified atom stereocenters. The van der Waals surface area contributed by atoms with E-state index >= 15 is 0 Å². The molecule has 2 aromatic rings. The molecule has 2 aliphatic rings. The zero-order valence-electron chi connectivity index (χ0n) is 18.7. The van der Waals surface area contributed by atoms with Gasteiger partial charge in [-0.25, -0.2) is 0 Å². The van der Waals surface area contributed by atoms with Crippen LogP contribution in [-0.4, -0.2) is 40.2 Å². The van der Waals surface area contributed by atoms with Crippen LogP contribution in [0.15, 0.2) is 70.3 Å². The summed E-state index contributed by atoms with van der Waals surface area (Å²) in [6.45, 7) is 5.08. The molecule has 0 fully saturated rings. The molecule has 0 aliphatic carbocycles. The average Bonchev–Trinajstić information content (AvgIpc) is 3.25. The highest BCUT2D eigenvalue weighted by Crippen LogP contribution is 2.32. The third-order valence-electron chi connectivity index (χ3n) is 5.36. The second-order valence-corrected chi connectivity index (χ2v) is 8.54. The van der Waals surface area contributed by atoms with Crippen LogP contribution in [0.5, 0.6) is 11.5 Å². The first-order valence-corrected chi connectivity index (χ1v) is 11.8. The number of hydrazone groups is 1. The van der Waals surface area contributed by atoms with Crippen molar-refractivity contribution in [2.45, 2.75) is 26.7 Å². The van der Waals surface area contributed by atoms with Crippen LogP contribution in [0, 0.1) is 11.3 Å². The van der Waals surface area contributed by atoms with Gasteiger partial charge in [0.15, 0.2) is 5.84 Å². The Morgan fingerprint density at radius 2 is 1.64 bits per heavy atom. The van der Waals surface area contributed by atoms with E-state index in [0.29, 0.717) is 30.0 Å². The van der Waals surface area contributed by atoms with E-state index in [1.54, 1.807) is 6.08 Å². The number of aliphatic imine (C=N–C) groups is 1. The van der Waals surface area contributed by atoms with Gasteiger partial charge in [-0.05, 0) is 60.5 Å². The van der Waals surface area contributed by atoms with E-state index in [4.69, 9.17) is 14.9 Å². The topological polar surface area (TPSA) is 87.3 Å². The molecule has 0 saturated carbocycles. The van der Waals surface area contributed by atoms with Gasteiger partial charge in [-0.3, -0.25) is 10.2 Å². The lowest BCUT2D eigenvalue weighted by Gasteiger charge is -2.20. The summed E-state index contributed by atoms with van der Waals surface area (Å²) < 4.78 is 11.3. The van der Waals surface area contributed by atoms with Gasteiger partial charge in [0.05, 0.1) is 5.57 Å². The van der Waals surface area contributed by atoms with Crippen LogP contribution in [-0.2, 0) is 4.79 Å². The third kappa shape index (κ3) is 5.34. The predicted octanol–water partition coefficient (Wildman–Crippen LogP) is 5.20. The van der Waals surface area contributed by atoms with Crippen LogP contribution in [0.25, 0.3) is 6.08 Å². The van der Waals surface area contributed by atoms with Gasteiger partial charge >= 0.3 is 0 Å². The summed E-state index contributed by atoms with van der Waals surface area (Å²) >= 11 is 1.39. The maximum atomic E-state index is 12.6. The van der Waals surface area contributed by atoms with Crippen LogP contribution in [0.4, 0.5) is 0 Å². The number of carbonyl (C=O) groups excluding carboxylic acids is 1. The smallest absolute Gasteiger partial charge is 0.283 e. The standard InChI is InChI=1S/C25H26N4O3S/c1-3-18(4-2)24-28-29-22(26)21(23(30)27-25(29)33-24)16-17-10-12-20(13-11-17)32-15-14-31-19-8-6-5-7-9-19/h5-13,16,18,26H,3-4,14-15H2,1-2H3/b21-16+,26-22?. The van der Waals surface area contributed by atoms with Crippen LogP contribution in [0.2, 0.25) is 0 Å². The summed E-state index contributed by atoms with van der Waals surface area (Å²) in [6, 6.07) is 16.9. The number of nitrogens with zero attached hydrogens (tertiary/aromatic N) is 3. The summed E-state index contributed by atoms with van der Waals surface area (Å²) in [7, 11) is 0. The van der Waals surface area contributed by atoms with Gasteiger partial charge in [-0.2, -0.15) is 15.1 Å². The Bertz CT molecular complexity index is 1110. The number of fused-ring (bicyclic) bond motifs is 1. The lowest BCUT2D eigenvalue weighted by atomic mass is 10.1. The van der Waals surface area contributed by atoms with Crippen molar-refractivity contribution in [3.8, 4) is 11.5 Å². The lowest BCUT2D eigenvalue weighted by molar-refractivity contribution is -0.114. The van der Waals surface area contributed by atoms with Crippen LogP contribution >= 0.6 is 11.8 Å². The van der Waals surface area contributed by atoms with Gasteiger partial charge in [0.1, 0.15) is 29.8 Å². The van der Waals surface area contributed by atoms with Crippen molar-refractivity contribution in [3.05, 3.63) is 65.7 Å². The van der Waals surface area contributed by atoms with Crippen LogP contribution < -0.4 is 9.47 Å². The highest BCUT2D eigenvalue weighted by atomic mass is 32.2. The van der Waals surface area contributed by atoms with Crippen LogP contribution in [0.1, 0.15) is 32.3 Å². The molecule has 2 aliphatic heterocycles. The average molecular weight is 463 g/mol. The molecule has 8 heteroatoms. The minimum atomic E-state index is -0.418. The molecular weight excluding hydrogens is 436 g/mol. The molecule has 0 radical (unpaired) electrons. The van der Waals surface area contributed by atoms with Crippen molar-refractivity contribution >= 4 is 39.8 Å². The molecule has 33 heavy (non-hydrogen) atoms. The van der Waals surface area contributed by atoms with Crippen molar-refractivity contribution in [2.75, 3.05) is 13.2 Å². The van der Waals surface area contributed by atoms with Crippen molar-refractivity contribution in [2.24, 2.45) is 16.0 Å². The van der Waals surface area contributed by atoms with Crippen molar-refractivity contribution in [3.63, 3.8) is 0 Å². The maximum absolute atomic E-state index is 12.6. The summed E-state index contributed by atoms with van der Waals surface area (Å²) in [5.41, 5.74) is 1.00. The van der Waals surface area contributed by atoms with Gasteiger partial charge in [-0.15, -0.1) is 0 Å². The molecule has 7 nitrogen and oxygen atoms in total. The molecule has 170 valence electrons. The SMILES string of the molecule is CCC(CC)C1=NN2C(=N)/C(=C\c3ccc(OCCOc4ccccc4)cc3)C(=O)N=C2S1. The maximum Gasteiger partial charge on any atom is 0.283 e. The summed E-state index contributed by atoms with van der Waals surface area (Å²) in [5, 5.41) is 15.9. The molecular formula is C25H26N4O3S. The molecule has 2 aromatic carbocycles. The second kappa shape index (κ2) is 10.5. The number of amidine groups is 2. The Hall–Kier alpha value is -3.39. The minimum Gasteiger partial charge on any atom is -0.490 e. The zero-order valence-corrected chi connectivity index (χ0v) is 19.5. The Balaban J connectivity index is 1.38. The van der Waals surface area contributed by atoms with E-state index in [1.807, 2.05) is 54.6 Å². The second-order valence-electron chi connectivity index (χ2n) is 7.55. The first kappa shape index (κ1) is 22.8. The molecule has 1 amide bonds. The zero-order chi connectivity index (χ0) is 23.2. The van der Waals surface area contributed by atoms with Crippen molar-refractivity contribution in [1.82, 2.24) is 5.01 Å². The molecule has 0 spiro atoms. The number of benzene rings is 2. The Morgan fingerprint density at radius 3 is 2.27 bits per heavy atom. The lowest BCUT2D eigenvalue weighted by Crippen LogP contribution is -2.35. The van der Waals surface area contributed by atoms with Gasteiger partial charge in [0, 0.05) is 5.92 Å². The van der Waals surface area contributed by atoms with Gasteiger partial charge in [-0.1, -0.05) is 44.2 Å². The Morgan fingerprint density at radius 1 is 1.00 bits per heavy atom. The first-order chi connectivity index (χ1) is 16.1. The highest BCUT2D eigenvalue weighted by Gasteiger charge is 2.37. The largest absolute Gasteiger partial charge is 0.490 e. The van der Waals surface area contributed by atoms with Crippen molar-refractivity contribution < 1.29 is 14.3 Å². The van der Waals surface area contributed by atoms with E-state index in [0.717, 1.165) is 29.2 Å². The fraction of sp³-hybridized carbons (Fsp3) is 0.280. The Kier molecular flexibility index (Phi) is 7.24. The third-order valence-corrected chi connectivity index (χ3v) is 6.43. The van der Waals surface area contributed by atoms with E-state index in [1.165, 1.54) is 16.8 Å². The molecule has 4 rings (SSSR count). The number of para-hydroxylation sites is 1. The van der Waals surface area contributed by atoms with E-state index in [-0.39, 0.29) is 11.4 Å². The molecule has 1 N–H and O–H groups in total. The summed E-state index contributed by atoms with van der Waals surface area (Å²) in [5.74, 6) is 1.45. The fourth-order valence-corrected chi connectivity index (χ4v) is 4.63. The van der Waals surface area contributed by atoms with E-state index in [2.05, 4.69) is 23.9 Å². The number of thioether (sulfide) groups is 1. The number of rotatable bonds is 9. The first-order valence-electron chi connectivity index (χ1n) is 11.0. The van der Waals surface area contributed by atoms with Crippen molar-refractivity contribution in [1.29, 1.82) is 5.41 Å². The number of amides is 1. The van der Waals surface area contributed by atoms with Crippen LogP contribution in [0.3, 0.4) is 0 Å².